The van der Waals surface area contributed by atoms with E-state index in [4.69, 9.17) is 16.4 Å². The molecule has 92 valence electrons. The number of aromatic nitrogens is 2. The fourth-order valence-corrected chi connectivity index (χ4v) is 2.98. The van der Waals surface area contributed by atoms with Gasteiger partial charge in [0, 0.05) is 18.0 Å². The van der Waals surface area contributed by atoms with Crippen LogP contribution in [0.1, 0.15) is 12.1 Å². The molecule has 8 heteroatoms. The van der Waals surface area contributed by atoms with E-state index in [1.807, 2.05) is 0 Å². The van der Waals surface area contributed by atoms with Crippen molar-refractivity contribution in [2.75, 3.05) is 19.6 Å². The number of nitrogens with zero attached hydrogens (tertiary/aromatic N) is 4. The maximum Gasteiger partial charge on any atom is 0.163 e. The van der Waals surface area contributed by atoms with Crippen LogP contribution in [0.15, 0.2) is 5.16 Å². The van der Waals surface area contributed by atoms with E-state index in [9.17, 15) is 5.21 Å². The highest BCUT2D eigenvalue weighted by Gasteiger charge is 2.44. The molecule has 2 saturated heterocycles. The molecule has 0 amide bonds. The van der Waals surface area contributed by atoms with Crippen molar-refractivity contribution in [3.8, 4) is 0 Å². The Balaban J connectivity index is 1.60. The first-order chi connectivity index (χ1) is 8.16. The molecule has 2 bridgehead atoms. The van der Waals surface area contributed by atoms with Gasteiger partial charge in [0.2, 0.25) is 0 Å². The van der Waals surface area contributed by atoms with Crippen molar-refractivity contribution in [1.82, 2.24) is 9.59 Å². The largest absolute Gasteiger partial charge is 0.632 e. The smallest absolute Gasteiger partial charge is 0.163 e. The van der Waals surface area contributed by atoms with Gasteiger partial charge in [-0.3, -0.25) is 0 Å². The fraction of sp³-hybridized carbons (Fsp3) is 0.667. The van der Waals surface area contributed by atoms with Crippen LogP contribution in [-0.4, -0.2) is 39.6 Å². The van der Waals surface area contributed by atoms with Gasteiger partial charge < -0.3 is 14.7 Å². The molecule has 0 aliphatic carbocycles. The third kappa shape index (κ3) is 2.15. The maximum absolute atomic E-state index is 11.9. The van der Waals surface area contributed by atoms with E-state index < -0.39 is 0 Å². The molecule has 2 fully saturated rings. The highest BCUT2D eigenvalue weighted by Crippen LogP contribution is 2.32. The second-order valence-corrected chi connectivity index (χ2v) is 5.81. The molecule has 6 nitrogen and oxygen atoms in total. The van der Waals surface area contributed by atoms with Crippen LogP contribution in [0.3, 0.4) is 0 Å². The number of oxime groups is 1. The van der Waals surface area contributed by atoms with Crippen molar-refractivity contribution >= 4 is 28.8 Å². The first-order valence-corrected chi connectivity index (χ1v) is 6.54. The SMILES string of the molecule is [O-][N+]12CCC(C1)/C(=N/OCc1nnsc1Cl)C2. The molecule has 0 aromatic carbocycles. The summed E-state index contributed by atoms with van der Waals surface area (Å²) in [5.74, 6) is 0.302. The van der Waals surface area contributed by atoms with Crippen LogP contribution in [-0.2, 0) is 11.4 Å². The fourth-order valence-electron chi connectivity index (χ4n) is 2.38. The number of hydrogen-bond acceptors (Lipinski definition) is 6. The molecule has 3 heterocycles. The monoisotopic (exact) mass is 274 g/mol. The number of fused-ring (bicyclic) bond motifs is 2. The Morgan fingerprint density at radius 1 is 1.65 bits per heavy atom. The number of rotatable bonds is 3. The Labute approximate surface area is 107 Å². The number of hydrogen-bond donors (Lipinski definition) is 0. The van der Waals surface area contributed by atoms with Gasteiger partial charge in [0.25, 0.3) is 0 Å². The molecule has 2 unspecified atom stereocenters. The molecule has 0 radical (unpaired) electrons. The Morgan fingerprint density at radius 3 is 3.12 bits per heavy atom. The summed E-state index contributed by atoms with van der Waals surface area (Å²) in [6.45, 7) is 2.05. The molecule has 1 aromatic heterocycles. The Bertz CT molecular complexity index is 466. The van der Waals surface area contributed by atoms with Gasteiger partial charge in [0.05, 0.1) is 19.0 Å². The predicted octanol–water partition coefficient (Wildman–Crippen LogP) is 1.41. The van der Waals surface area contributed by atoms with E-state index >= 15 is 0 Å². The maximum atomic E-state index is 11.9. The quantitative estimate of drug-likeness (QED) is 0.475. The summed E-state index contributed by atoms with van der Waals surface area (Å²) in [5, 5.41) is 19.8. The van der Waals surface area contributed by atoms with Gasteiger partial charge in [-0.15, -0.1) is 5.10 Å². The molecule has 2 atom stereocenters. The van der Waals surface area contributed by atoms with Crippen molar-refractivity contribution in [2.24, 2.45) is 11.1 Å². The van der Waals surface area contributed by atoms with E-state index in [1.54, 1.807) is 0 Å². The lowest BCUT2D eigenvalue weighted by Crippen LogP contribution is -2.39. The standard InChI is InChI=1S/C9H11ClN4O2S/c10-9-8(11-13-17-9)5-16-12-7-4-14(15)2-1-6(7)3-14/h6H,1-5H2/b12-7+. The van der Waals surface area contributed by atoms with E-state index in [1.165, 1.54) is 0 Å². The highest BCUT2D eigenvalue weighted by atomic mass is 35.5. The van der Waals surface area contributed by atoms with Crippen molar-refractivity contribution in [1.29, 1.82) is 0 Å². The molecule has 17 heavy (non-hydrogen) atoms. The number of quaternary nitrogens is 1. The summed E-state index contributed by atoms with van der Waals surface area (Å²) in [6, 6.07) is 0. The third-order valence-electron chi connectivity index (χ3n) is 3.25. The highest BCUT2D eigenvalue weighted by molar-refractivity contribution is 7.10. The number of piperidine rings is 1. The normalized spacial score (nSPS) is 33.5. The van der Waals surface area contributed by atoms with Crippen molar-refractivity contribution < 1.29 is 9.48 Å². The Morgan fingerprint density at radius 2 is 2.53 bits per heavy atom. The summed E-state index contributed by atoms with van der Waals surface area (Å²) in [4.78, 5) is 5.20. The molecule has 2 aliphatic rings. The average molecular weight is 275 g/mol. The lowest BCUT2D eigenvalue weighted by Gasteiger charge is -2.35. The minimum absolute atomic E-state index is 0.133. The van der Waals surface area contributed by atoms with Gasteiger partial charge >= 0.3 is 0 Å². The average Bonchev–Trinajstić information content (AvgIpc) is 2.93. The van der Waals surface area contributed by atoms with Crippen LogP contribution in [0.2, 0.25) is 4.34 Å². The third-order valence-corrected chi connectivity index (χ3v) is 4.24. The lowest BCUT2D eigenvalue weighted by atomic mass is 10.0. The van der Waals surface area contributed by atoms with Crippen LogP contribution < -0.4 is 0 Å². The van der Waals surface area contributed by atoms with Gasteiger partial charge in [-0.25, -0.2) is 0 Å². The molecule has 1 aromatic rings. The molecular weight excluding hydrogens is 264 g/mol. The first-order valence-electron chi connectivity index (χ1n) is 5.39. The minimum Gasteiger partial charge on any atom is -0.632 e. The van der Waals surface area contributed by atoms with Gasteiger partial charge in [-0.1, -0.05) is 21.2 Å². The molecule has 0 saturated carbocycles. The van der Waals surface area contributed by atoms with Crippen LogP contribution in [0.25, 0.3) is 0 Å². The van der Waals surface area contributed by atoms with E-state index in [-0.39, 0.29) is 11.3 Å². The zero-order valence-electron chi connectivity index (χ0n) is 9.00. The summed E-state index contributed by atoms with van der Waals surface area (Å²) in [7, 11) is 0. The number of hydroxylamine groups is 3. The van der Waals surface area contributed by atoms with Crippen molar-refractivity contribution in [3.05, 3.63) is 15.2 Å². The minimum atomic E-state index is -0.133. The first kappa shape index (κ1) is 11.3. The van der Waals surface area contributed by atoms with Crippen LogP contribution in [0, 0.1) is 11.1 Å². The Hall–Kier alpha value is -0.760. The van der Waals surface area contributed by atoms with E-state index in [2.05, 4.69) is 14.7 Å². The lowest BCUT2D eigenvalue weighted by molar-refractivity contribution is -0.854. The summed E-state index contributed by atoms with van der Waals surface area (Å²) in [5.41, 5.74) is 1.47. The van der Waals surface area contributed by atoms with E-state index in [0.29, 0.717) is 35.6 Å². The zero-order valence-corrected chi connectivity index (χ0v) is 10.6. The number of halogens is 1. The summed E-state index contributed by atoms with van der Waals surface area (Å²) in [6.07, 6.45) is 0.921. The van der Waals surface area contributed by atoms with Crippen LogP contribution in [0.4, 0.5) is 0 Å². The second-order valence-electron chi connectivity index (χ2n) is 4.46. The molecule has 0 spiro atoms. The predicted molar refractivity (Wildman–Crippen MR) is 63.5 cm³/mol. The molecule has 2 aliphatic heterocycles. The summed E-state index contributed by atoms with van der Waals surface area (Å²) < 4.78 is 4.09. The Kier molecular flexibility index (Phi) is 2.78. The van der Waals surface area contributed by atoms with Crippen LogP contribution in [0.5, 0.6) is 0 Å². The van der Waals surface area contributed by atoms with Gasteiger partial charge in [0.1, 0.15) is 22.3 Å². The molecular formula is C9H11ClN4O2S. The molecule has 0 N–H and O–H groups in total. The topological polar surface area (TPSA) is 70.4 Å². The van der Waals surface area contributed by atoms with Crippen molar-refractivity contribution in [2.45, 2.75) is 13.0 Å². The molecule has 3 rings (SSSR count). The van der Waals surface area contributed by atoms with E-state index in [0.717, 1.165) is 23.7 Å². The van der Waals surface area contributed by atoms with Gasteiger partial charge in [0.15, 0.2) is 6.61 Å². The van der Waals surface area contributed by atoms with Crippen molar-refractivity contribution in [3.63, 3.8) is 0 Å². The second kappa shape index (κ2) is 4.16. The van der Waals surface area contributed by atoms with Gasteiger partial charge in [-0.2, -0.15) is 0 Å². The van der Waals surface area contributed by atoms with Crippen LogP contribution >= 0.6 is 23.1 Å². The van der Waals surface area contributed by atoms with Gasteiger partial charge in [-0.05, 0) is 0 Å². The zero-order chi connectivity index (χ0) is 11.9. The summed E-state index contributed by atoms with van der Waals surface area (Å²) >= 11 is 6.95.